The second-order valence-electron chi connectivity index (χ2n) is 2.87. The fourth-order valence-electron chi connectivity index (χ4n) is 0.974. The van der Waals surface area contributed by atoms with E-state index in [9.17, 15) is 0 Å². The fourth-order valence-corrected chi connectivity index (χ4v) is 2.51. The predicted octanol–water partition coefficient (Wildman–Crippen LogP) is 1.89. The Morgan fingerprint density at radius 3 is 2.87 bits per heavy atom. The van der Waals surface area contributed by atoms with Crippen molar-refractivity contribution in [2.24, 2.45) is 0 Å². The SMILES string of the molecule is Cc1nsc(Sc2ccc(CO)cn2)n1. The Morgan fingerprint density at radius 2 is 2.33 bits per heavy atom. The van der Waals surface area contributed by atoms with Crippen LogP contribution in [0.25, 0.3) is 0 Å². The van der Waals surface area contributed by atoms with Gasteiger partial charge in [-0.15, -0.1) is 0 Å². The molecule has 0 spiro atoms. The monoisotopic (exact) mass is 239 g/mol. The number of hydrogen-bond donors (Lipinski definition) is 1. The molecule has 2 aromatic rings. The number of aliphatic hydroxyl groups is 1. The minimum atomic E-state index is 0.0237. The molecule has 0 saturated carbocycles. The van der Waals surface area contributed by atoms with Gasteiger partial charge in [-0.2, -0.15) is 4.37 Å². The molecule has 0 fully saturated rings. The van der Waals surface area contributed by atoms with Crippen molar-refractivity contribution in [1.29, 1.82) is 0 Å². The Morgan fingerprint density at radius 1 is 1.47 bits per heavy atom. The third-order valence-corrected chi connectivity index (χ3v) is 3.47. The lowest BCUT2D eigenvalue weighted by atomic mass is 10.3. The standard InChI is InChI=1S/C9H9N3OS2/c1-6-11-9(15-12-6)14-8-3-2-7(5-13)4-10-8/h2-4,13H,5H2,1H3. The van der Waals surface area contributed by atoms with Crippen LogP contribution in [0.4, 0.5) is 0 Å². The topological polar surface area (TPSA) is 58.9 Å². The van der Waals surface area contributed by atoms with Crippen molar-refractivity contribution in [1.82, 2.24) is 14.3 Å². The molecule has 1 N–H and O–H groups in total. The molecule has 4 nitrogen and oxygen atoms in total. The van der Waals surface area contributed by atoms with Gasteiger partial charge in [-0.3, -0.25) is 0 Å². The molecule has 0 amide bonds. The van der Waals surface area contributed by atoms with Gasteiger partial charge >= 0.3 is 0 Å². The first-order valence-corrected chi connectivity index (χ1v) is 5.91. The van der Waals surface area contributed by atoms with E-state index in [1.165, 1.54) is 23.3 Å². The van der Waals surface area contributed by atoms with Crippen molar-refractivity contribution in [3.63, 3.8) is 0 Å². The molecule has 0 saturated heterocycles. The Labute approximate surface area is 95.6 Å². The maximum atomic E-state index is 8.85. The number of nitrogens with zero attached hydrogens (tertiary/aromatic N) is 3. The molecule has 0 aliphatic rings. The Bertz CT molecular complexity index is 441. The highest BCUT2D eigenvalue weighted by molar-refractivity contribution is 8.00. The van der Waals surface area contributed by atoms with Crippen LogP contribution in [0.3, 0.4) is 0 Å². The molecule has 2 heterocycles. The molecule has 0 unspecified atom stereocenters. The van der Waals surface area contributed by atoms with E-state index in [0.717, 1.165) is 20.8 Å². The Kier molecular flexibility index (Phi) is 3.30. The molecule has 0 radical (unpaired) electrons. The van der Waals surface area contributed by atoms with Crippen LogP contribution in [0.15, 0.2) is 27.7 Å². The summed E-state index contributed by atoms with van der Waals surface area (Å²) < 4.78 is 4.97. The van der Waals surface area contributed by atoms with E-state index in [1.54, 1.807) is 6.20 Å². The first-order valence-electron chi connectivity index (χ1n) is 4.32. The number of hydrogen-bond acceptors (Lipinski definition) is 6. The van der Waals surface area contributed by atoms with E-state index in [1.807, 2.05) is 19.1 Å². The van der Waals surface area contributed by atoms with Crippen LogP contribution >= 0.6 is 23.3 Å². The summed E-state index contributed by atoms with van der Waals surface area (Å²) in [5.74, 6) is 0.787. The number of pyridine rings is 1. The molecule has 2 rings (SSSR count). The smallest absolute Gasteiger partial charge is 0.176 e. The first kappa shape index (κ1) is 10.5. The van der Waals surface area contributed by atoms with Gasteiger partial charge in [-0.25, -0.2) is 9.97 Å². The van der Waals surface area contributed by atoms with E-state index in [-0.39, 0.29) is 6.61 Å². The molecule has 15 heavy (non-hydrogen) atoms. The van der Waals surface area contributed by atoms with Gasteiger partial charge in [0.2, 0.25) is 0 Å². The summed E-state index contributed by atoms with van der Waals surface area (Å²) in [5, 5.41) is 9.72. The predicted molar refractivity (Wildman–Crippen MR) is 58.9 cm³/mol. The lowest BCUT2D eigenvalue weighted by Gasteiger charge is -1.97. The van der Waals surface area contributed by atoms with Gasteiger partial charge in [0.15, 0.2) is 4.34 Å². The molecule has 78 valence electrons. The van der Waals surface area contributed by atoms with Crippen LogP contribution in [-0.2, 0) is 6.61 Å². The zero-order chi connectivity index (χ0) is 10.7. The van der Waals surface area contributed by atoms with E-state index in [4.69, 9.17) is 5.11 Å². The van der Waals surface area contributed by atoms with Crippen LogP contribution in [-0.4, -0.2) is 19.4 Å². The summed E-state index contributed by atoms with van der Waals surface area (Å²) in [4.78, 5) is 8.43. The highest BCUT2D eigenvalue weighted by Crippen LogP contribution is 2.26. The lowest BCUT2D eigenvalue weighted by Crippen LogP contribution is -1.85. The van der Waals surface area contributed by atoms with E-state index >= 15 is 0 Å². The van der Waals surface area contributed by atoms with Crippen molar-refractivity contribution in [3.8, 4) is 0 Å². The third-order valence-electron chi connectivity index (χ3n) is 1.68. The van der Waals surface area contributed by atoms with Gasteiger partial charge in [0.05, 0.1) is 6.61 Å². The van der Waals surface area contributed by atoms with Gasteiger partial charge in [0.1, 0.15) is 10.9 Å². The van der Waals surface area contributed by atoms with Crippen LogP contribution in [0.2, 0.25) is 0 Å². The summed E-state index contributed by atoms with van der Waals surface area (Å²) in [7, 11) is 0. The van der Waals surface area contributed by atoms with E-state index in [2.05, 4.69) is 14.3 Å². The number of aryl methyl sites for hydroxylation is 1. The van der Waals surface area contributed by atoms with Gasteiger partial charge in [-0.05, 0) is 41.8 Å². The summed E-state index contributed by atoms with van der Waals surface area (Å²) in [6.07, 6.45) is 1.66. The molecule has 0 atom stereocenters. The maximum absolute atomic E-state index is 8.85. The van der Waals surface area contributed by atoms with Crippen molar-refractivity contribution < 1.29 is 5.11 Å². The zero-order valence-electron chi connectivity index (χ0n) is 8.04. The average molecular weight is 239 g/mol. The quantitative estimate of drug-likeness (QED) is 0.886. The highest BCUT2D eigenvalue weighted by atomic mass is 32.2. The molecule has 6 heteroatoms. The molecule has 0 aromatic carbocycles. The Balaban J connectivity index is 2.11. The molecule has 0 aliphatic heterocycles. The van der Waals surface area contributed by atoms with Crippen LogP contribution in [0.1, 0.15) is 11.4 Å². The number of aromatic nitrogens is 3. The normalized spacial score (nSPS) is 10.5. The number of aliphatic hydroxyl groups excluding tert-OH is 1. The van der Waals surface area contributed by atoms with Gasteiger partial charge < -0.3 is 5.11 Å². The molecule has 0 bridgehead atoms. The summed E-state index contributed by atoms with van der Waals surface area (Å²) in [5.41, 5.74) is 0.813. The summed E-state index contributed by atoms with van der Waals surface area (Å²) in [6, 6.07) is 3.72. The van der Waals surface area contributed by atoms with E-state index < -0.39 is 0 Å². The van der Waals surface area contributed by atoms with Crippen molar-refractivity contribution in [3.05, 3.63) is 29.7 Å². The average Bonchev–Trinajstić information content (AvgIpc) is 2.65. The maximum Gasteiger partial charge on any atom is 0.176 e. The summed E-state index contributed by atoms with van der Waals surface area (Å²) in [6.45, 7) is 1.89. The van der Waals surface area contributed by atoms with E-state index in [0.29, 0.717) is 0 Å². The zero-order valence-corrected chi connectivity index (χ0v) is 9.68. The largest absolute Gasteiger partial charge is 0.392 e. The highest BCUT2D eigenvalue weighted by Gasteiger charge is 2.03. The van der Waals surface area contributed by atoms with Crippen molar-refractivity contribution >= 4 is 23.3 Å². The second kappa shape index (κ2) is 4.69. The summed E-state index contributed by atoms with van der Waals surface area (Å²) >= 11 is 2.85. The molecular formula is C9H9N3OS2. The van der Waals surface area contributed by atoms with Crippen molar-refractivity contribution in [2.45, 2.75) is 22.9 Å². The number of rotatable bonds is 3. The lowest BCUT2D eigenvalue weighted by molar-refractivity contribution is 0.281. The minimum Gasteiger partial charge on any atom is -0.392 e. The van der Waals surface area contributed by atoms with Crippen LogP contribution in [0, 0.1) is 6.92 Å². The van der Waals surface area contributed by atoms with Crippen LogP contribution in [0.5, 0.6) is 0 Å². The third kappa shape index (κ3) is 2.74. The van der Waals surface area contributed by atoms with Gasteiger partial charge in [0.25, 0.3) is 0 Å². The van der Waals surface area contributed by atoms with Gasteiger partial charge in [-0.1, -0.05) is 6.07 Å². The minimum absolute atomic E-state index is 0.0237. The van der Waals surface area contributed by atoms with Crippen molar-refractivity contribution in [2.75, 3.05) is 0 Å². The molecule has 2 aromatic heterocycles. The van der Waals surface area contributed by atoms with Gasteiger partial charge in [0, 0.05) is 6.20 Å². The second-order valence-corrected chi connectivity index (χ2v) is 4.89. The Hall–Kier alpha value is -0.980. The van der Waals surface area contributed by atoms with Crippen LogP contribution < -0.4 is 0 Å². The molecular weight excluding hydrogens is 230 g/mol. The molecule has 0 aliphatic carbocycles. The first-order chi connectivity index (χ1) is 7.28. The fraction of sp³-hybridized carbons (Fsp3) is 0.222.